The Bertz CT molecular complexity index is 681. The van der Waals surface area contributed by atoms with Crippen molar-refractivity contribution in [1.29, 1.82) is 0 Å². The van der Waals surface area contributed by atoms with Gasteiger partial charge in [-0.05, 0) is 38.1 Å². The van der Waals surface area contributed by atoms with E-state index in [1.165, 1.54) is 6.07 Å². The number of anilines is 1. The first-order valence-electron chi connectivity index (χ1n) is 6.95. The minimum absolute atomic E-state index is 0.0650. The highest BCUT2D eigenvalue weighted by Crippen LogP contribution is 2.18. The van der Waals surface area contributed by atoms with Gasteiger partial charge in [-0.15, -0.1) is 0 Å². The van der Waals surface area contributed by atoms with Gasteiger partial charge >= 0.3 is 5.97 Å². The molecule has 0 heterocycles. The van der Waals surface area contributed by atoms with Gasteiger partial charge in [0.1, 0.15) is 5.75 Å². The zero-order valence-electron chi connectivity index (χ0n) is 12.5. The van der Waals surface area contributed by atoms with Crippen molar-refractivity contribution in [2.45, 2.75) is 20.0 Å². The number of hydrogen-bond acceptors (Lipinski definition) is 4. The highest BCUT2D eigenvalue weighted by atomic mass is 16.5. The normalized spacial score (nSPS) is 10.9. The molecule has 0 aliphatic rings. The summed E-state index contributed by atoms with van der Waals surface area (Å²) in [5, 5.41) is 13.2. The summed E-state index contributed by atoms with van der Waals surface area (Å²) >= 11 is 0. The largest absolute Gasteiger partial charge is 0.490 e. The number of ether oxygens (including phenoxy) is 1. The van der Waals surface area contributed by atoms with Crippen LogP contribution in [0.15, 0.2) is 53.6 Å². The van der Waals surface area contributed by atoms with Crippen LogP contribution in [0.25, 0.3) is 0 Å². The smallest absolute Gasteiger partial charge is 0.337 e. The molecule has 2 N–H and O–H groups in total. The fourth-order valence-corrected chi connectivity index (χ4v) is 1.89. The third-order valence-electron chi connectivity index (χ3n) is 2.83. The number of nitrogens with one attached hydrogen (secondary N) is 1. The number of benzene rings is 2. The molecule has 2 aromatic carbocycles. The van der Waals surface area contributed by atoms with Crippen LogP contribution in [0.1, 0.15) is 29.8 Å². The molecular formula is C17H18N2O3. The van der Waals surface area contributed by atoms with Gasteiger partial charge in [-0.1, -0.05) is 24.3 Å². The quantitative estimate of drug-likeness (QED) is 0.631. The van der Waals surface area contributed by atoms with Crippen molar-refractivity contribution >= 4 is 17.9 Å². The van der Waals surface area contributed by atoms with Crippen LogP contribution in [0.3, 0.4) is 0 Å². The topological polar surface area (TPSA) is 70.9 Å². The van der Waals surface area contributed by atoms with Crippen LogP contribution in [0.2, 0.25) is 0 Å². The van der Waals surface area contributed by atoms with Crippen LogP contribution >= 0.6 is 0 Å². The van der Waals surface area contributed by atoms with Crippen molar-refractivity contribution in [2.75, 3.05) is 5.43 Å². The monoisotopic (exact) mass is 298 g/mol. The molecule has 2 aromatic rings. The molecular weight excluding hydrogens is 280 g/mol. The third-order valence-corrected chi connectivity index (χ3v) is 2.83. The lowest BCUT2D eigenvalue weighted by Crippen LogP contribution is -2.07. The Morgan fingerprint density at radius 1 is 1.18 bits per heavy atom. The Hall–Kier alpha value is -2.82. The number of rotatable bonds is 6. The summed E-state index contributed by atoms with van der Waals surface area (Å²) in [5.41, 5.74) is 4.18. The fraction of sp³-hybridized carbons (Fsp3) is 0.176. The van der Waals surface area contributed by atoms with E-state index in [1.807, 2.05) is 38.1 Å². The molecule has 0 atom stereocenters. The molecule has 0 aromatic heterocycles. The summed E-state index contributed by atoms with van der Waals surface area (Å²) in [6.07, 6.45) is 1.67. The molecule has 0 unspecified atom stereocenters. The molecule has 0 amide bonds. The Balaban J connectivity index is 2.15. The molecule has 114 valence electrons. The SMILES string of the molecule is CC(C)Oc1ccccc1/C=N\Nc1ccccc1C(=O)O. The lowest BCUT2D eigenvalue weighted by Gasteiger charge is -2.11. The molecule has 2 rings (SSSR count). The van der Waals surface area contributed by atoms with Crippen LogP contribution in [0, 0.1) is 0 Å². The molecule has 0 aliphatic carbocycles. The first-order chi connectivity index (χ1) is 10.6. The van der Waals surface area contributed by atoms with E-state index in [0.717, 1.165) is 11.3 Å². The number of carboxylic acid groups (broad SMARTS) is 1. The van der Waals surface area contributed by atoms with Crippen LogP contribution < -0.4 is 10.2 Å². The number of nitrogens with zero attached hydrogens (tertiary/aromatic N) is 1. The zero-order chi connectivity index (χ0) is 15.9. The van der Waals surface area contributed by atoms with Crippen molar-refractivity contribution in [1.82, 2.24) is 0 Å². The van der Waals surface area contributed by atoms with Crippen LogP contribution in [0.4, 0.5) is 5.69 Å². The Morgan fingerprint density at radius 3 is 2.59 bits per heavy atom. The van der Waals surface area contributed by atoms with Gasteiger partial charge in [0.15, 0.2) is 0 Å². The van der Waals surface area contributed by atoms with E-state index in [0.29, 0.717) is 5.69 Å². The average Bonchev–Trinajstić information content (AvgIpc) is 2.49. The standard InChI is InChI=1S/C17H18N2O3/c1-12(2)22-16-10-6-3-7-13(16)11-18-19-15-9-5-4-8-14(15)17(20)21/h3-12,19H,1-2H3,(H,20,21)/b18-11-. The summed E-state index contributed by atoms with van der Waals surface area (Å²) in [4.78, 5) is 11.1. The maximum absolute atomic E-state index is 11.1. The Labute approximate surface area is 129 Å². The minimum Gasteiger partial charge on any atom is -0.490 e. The van der Waals surface area contributed by atoms with Gasteiger partial charge in [0.05, 0.1) is 23.6 Å². The van der Waals surface area contributed by atoms with E-state index in [9.17, 15) is 4.79 Å². The highest BCUT2D eigenvalue weighted by Gasteiger charge is 2.08. The van der Waals surface area contributed by atoms with Gasteiger partial charge < -0.3 is 9.84 Å². The van der Waals surface area contributed by atoms with Crippen molar-refractivity contribution < 1.29 is 14.6 Å². The Morgan fingerprint density at radius 2 is 1.86 bits per heavy atom. The van der Waals surface area contributed by atoms with Gasteiger partial charge in [-0.25, -0.2) is 4.79 Å². The lowest BCUT2D eigenvalue weighted by molar-refractivity contribution is 0.0698. The molecule has 5 nitrogen and oxygen atoms in total. The van der Waals surface area contributed by atoms with Crippen LogP contribution in [-0.4, -0.2) is 23.4 Å². The van der Waals surface area contributed by atoms with Crippen molar-refractivity contribution in [3.05, 3.63) is 59.7 Å². The first-order valence-corrected chi connectivity index (χ1v) is 6.95. The number of hydrogen-bond donors (Lipinski definition) is 2. The summed E-state index contributed by atoms with van der Waals surface area (Å²) in [6.45, 7) is 3.91. The molecule has 0 spiro atoms. The maximum Gasteiger partial charge on any atom is 0.337 e. The molecule has 0 saturated heterocycles. The average molecular weight is 298 g/mol. The zero-order valence-corrected chi connectivity index (χ0v) is 12.5. The molecule has 0 bridgehead atoms. The van der Waals surface area contributed by atoms with E-state index in [1.54, 1.807) is 24.4 Å². The predicted molar refractivity (Wildman–Crippen MR) is 86.8 cm³/mol. The number of carbonyl (C=O) groups is 1. The molecule has 0 aliphatic heterocycles. The number of aromatic carboxylic acids is 1. The summed E-state index contributed by atoms with van der Waals surface area (Å²) < 4.78 is 5.70. The van der Waals surface area contributed by atoms with Crippen LogP contribution in [0.5, 0.6) is 5.75 Å². The van der Waals surface area contributed by atoms with Gasteiger partial charge in [0, 0.05) is 5.56 Å². The number of para-hydroxylation sites is 2. The molecule has 0 radical (unpaired) electrons. The summed E-state index contributed by atoms with van der Waals surface area (Å²) in [5.74, 6) is -0.267. The lowest BCUT2D eigenvalue weighted by atomic mass is 10.2. The van der Waals surface area contributed by atoms with Gasteiger partial charge in [0.2, 0.25) is 0 Å². The summed E-state index contributed by atoms with van der Waals surface area (Å²) in [7, 11) is 0. The molecule has 22 heavy (non-hydrogen) atoms. The molecule has 5 heteroatoms. The third kappa shape index (κ3) is 4.09. The van der Waals surface area contributed by atoms with E-state index < -0.39 is 5.97 Å². The molecule has 0 fully saturated rings. The first kappa shape index (κ1) is 15.6. The van der Waals surface area contributed by atoms with E-state index in [4.69, 9.17) is 9.84 Å². The maximum atomic E-state index is 11.1. The second kappa shape index (κ2) is 7.26. The second-order valence-electron chi connectivity index (χ2n) is 4.93. The number of carboxylic acids is 1. The highest BCUT2D eigenvalue weighted by molar-refractivity contribution is 5.94. The van der Waals surface area contributed by atoms with Crippen molar-refractivity contribution in [3.8, 4) is 5.75 Å². The Kier molecular flexibility index (Phi) is 5.14. The fourth-order valence-electron chi connectivity index (χ4n) is 1.89. The van der Waals surface area contributed by atoms with Crippen molar-refractivity contribution in [3.63, 3.8) is 0 Å². The van der Waals surface area contributed by atoms with E-state index >= 15 is 0 Å². The second-order valence-corrected chi connectivity index (χ2v) is 4.93. The number of hydrazone groups is 1. The van der Waals surface area contributed by atoms with Crippen LogP contribution in [-0.2, 0) is 0 Å². The van der Waals surface area contributed by atoms with Crippen molar-refractivity contribution in [2.24, 2.45) is 5.10 Å². The van der Waals surface area contributed by atoms with Gasteiger partial charge in [-0.3, -0.25) is 5.43 Å². The van der Waals surface area contributed by atoms with E-state index in [-0.39, 0.29) is 11.7 Å². The van der Waals surface area contributed by atoms with Gasteiger partial charge in [-0.2, -0.15) is 5.10 Å². The predicted octanol–water partition coefficient (Wildman–Crippen LogP) is 3.62. The van der Waals surface area contributed by atoms with E-state index in [2.05, 4.69) is 10.5 Å². The molecule has 0 saturated carbocycles. The minimum atomic E-state index is -0.998. The van der Waals surface area contributed by atoms with Gasteiger partial charge in [0.25, 0.3) is 0 Å². The summed E-state index contributed by atoms with van der Waals surface area (Å²) in [6, 6.07) is 14.1.